The van der Waals surface area contributed by atoms with Gasteiger partial charge in [-0.15, -0.1) is 0 Å². The second-order valence-corrected chi connectivity index (χ2v) is 11.4. The van der Waals surface area contributed by atoms with Crippen molar-refractivity contribution in [3.05, 3.63) is 108 Å². The smallest absolute Gasteiger partial charge is 0.329 e. The monoisotopic (exact) mass is 535 g/mol. The molecular formula is C30H34NO6P. The summed E-state index contributed by atoms with van der Waals surface area (Å²) in [5.41, 5.74) is 2.49. The van der Waals surface area contributed by atoms with Crippen molar-refractivity contribution < 1.29 is 28.3 Å². The lowest BCUT2D eigenvalue weighted by atomic mass is 10.1. The minimum atomic E-state index is -4.09. The maximum absolute atomic E-state index is 13.7. The largest absolute Gasteiger partial charge is 0.459 e. The van der Waals surface area contributed by atoms with E-state index in [0.717, 1.165) is 24.0 Å². The van der Waals surface area contributed by atoms with Gasteiger partial charge in [-0.2, -0.15) is 0 Å². The molecule has 3 aromatic rings. The summed E-state index contributed by atoms with van der Waals surface area (Å²) in [6, 6.07) is 27.2. The molecule has 1 unspecified atom stereocenters. The first-order chi connectivity index (χ1) is 18.4. The molecule has 0 saturated carbocycles. The molecule has 3 atom stereocenters. The fraction of sp³-hybridized carbons (Fsp3) is 0.333. The molecule has 1 N–H and O–H groups in total. The van der Waals surface area contributed by atoms with Gasteiger partial charge < -0.3 is 14.5 Å². The van der Waals surface area contributed by atoms with Crippen LogP contribution < -0.4 is 0 Å². The number of nitrogens with zero attached hydrogens (tertiary/aromatic N) is 1. The molecule has 1 aliphatic rings. The third-order valence-corrected chi connectivity index (χ3v) is 8.05. The summed E-state index contributed by atoms with van der Waals surface area (Å²) in [5, 5.41) is 0. The first-order valence-corrected chi connectivity index (χ1v) is 14.8. The number of benzene rings is 3. The summed E-state index contributed by atoms with van der Waals surface area (Å²) in [7, 11) is -4.09. The van der Waals surface area contributed by atoms with Crippen molar-refractivity contribution in [1.29, 1.82) is 0 Å². The fourth-order valence-electron chi connectivity index (χ4n) is 4.63. The number of unbranched alkanes of at least 4 members (excludes halogenated alkanes) is 1. The highest BCUT2D eigenvalue weighted by Gasteiger charge is 2.41. The lowest BCUT2D eigenvalue weighted by Crippen LogP contribution is -2.44. The van der Waals surface area contributed by atoms with Crippen LogP contribution in [0.3, 0.4) is 0 Å². The third kappa shape index (κ3) is 7.87. The molecule has 0 aliphatic carbocycles. The van der Waals surface area contributed by atoms with Crippen LogP contribution in [-0.2, 0) is 36.4 Å². The Hall–Kier alpha value is -3.25. The van der Waals surface area contributed by atoms with Gasteiger partial charge in [-0.05, 0) is 48.8 Å². The predicted molar refractivity (Wildman–Crippen MR) is 145 cm³/mol. The summed E-state index contributed by atoms with van der Waals surface area (Å²) in [6.45, 7) is 0.467. The van der Waals surface area contributed by atoms with Crippen molar-refractivity contribution in [2.45, 2.75) is 50.9 Å². The Balaban J connectivity index is 1.40. The standard InChI is InChI=1S/C30H34NO6P/c32-29(31-21-12-20-27(31)30(33)36-23-25-16-6-2-7-17-25)28(26-18-8-3-9-19-26)37-38(34,35)22-11-10-15-24-13-4-1-5-14-24/h1-9,13-14,16-19,27-28H,10-12,15,20-23H2,(H,34,35)/t27-,28+/m0/s1. The van der Waals surface area contributed by atoms with Gasteiger partial charge in [0.05, 0.1) is 6.16 Å². The second kappa shape index (κ2) is 13.5. The maximum Gasteiger partial charge on any atom is 0.329 e. The van der Waals surface area contributed by atoms with Crippen LogP contribution in [0.4, 0.5) is 0 Å². The molecule has 1 saturated heterocycles. The molecule has 8 heteroatoms. The van der Waals surface area contributed by atoms with Crippen LogP contribution in [0.1, 0.15) is 48.5 Å². The quantitative estimate of drug-likeness (QED) is 0.182. The number of likely N-dealkylation sites (tertiary alicyclic amines) is 1. The number of hydrogen-bond acceptors (Lipinski definition) is 5. The van der Waals surface area contributed by atoms with Crippen molar-refractivity contribution >= 4 is 19.5 Å². The van der Waals surface area contributed by atoms with Gasteiger partial charge >= 0.3 is 13.6 Å². The highest BCUT2D eigenvalue weighted by molar-refractivity contribution is 7.52. The Kier molecular flexibility index (Phi) is 9.88. The molecule has 0 aromatic heterocycles. The molecule has 0 radical (unpaired) electrons. The van der Waals surface area contributed by atoms with Crippen LogP contribution in [0.2, 0.25) is 0 Å². The van der Waals surface area contributed by atoms with E-state index in [9.17, 15) is 19.0 Å². The topological polar surface area (TPSA) is 93.1 Å². The number of carbonyl (C=O) groups excluding carboxylic acids is 2. The highest BCUT2D eigenvalue weighted by Crippen LogP contribution is 2.48. The number of esters is 1. The van der Waals surface area contributed by atoms with Crippen molar-refractivity contribution in [3.8, 4) is 0 Å². The van der Waals surface area contributed by atoms with Crippen molar-refractivity contribution in [1.82, 2.24) is 4.90 Å². The van der Waals surface area contributed by atoms with Gasteiger partial charge in [-0.1, -0.05) is 91.0 Å². The molecule has 4 rings (SSSR count). The summed E-state index contributed by atoms with van der Waals surface area (Å²) < 4.78 is 24.3. The average Bonchev–Trinajstić information content (AvgIpc) is 3.44. The molecule has 0 spiro atoms. The van der Waals surface area contributed by atoms with Gasteiger partial charge in [0.2, 0.25) is 0 Å². The van der Waals surface area contributed by atoms with Crippen LogP contribution in [0.5, 0.6) is 0 Å². The van der Waals surface area contributed by atoms with Gasteiger partial charge in [0, 0.05) is 6.54 Å². The molecule has 1 heterocycles. The number of aryl methyl sites for hydroxylation is 1. The Morgan fingerprint density at radius 3 is 2.16 bits per heavy atom. The predicted octanol–water partition coefficient (Wildman–Crippen LogP) is 5.69. The van der Waals surface area contributed by atoms with Crippen LogP contribution >= 0.6 is 7.60 Å². The number of amides is 1. The Morgan fingerprint density at radius 2 is 1.50 bits per heavy atom. The van der Waals surface area contributed by atoms with Gasteiger partial charge in [0.25, 0.3) is 5.91 Å². The molecule has 200 valence electrons. The first-order valence-electron chi connectivity index (χ1n) is 13.0. The lowest BCUT2D eigenvalue weighted by molar-refractivity contribution is -0.156. The summed E-state index contributed by atoms with van der Waals surface area (Å²) in [4.78, 5) is 38.7. The SMILES string of the molecule is O=C(OCc1ccccc1)[C@@H]1CCCN1C(=O)[C@H](OP(=O)(O)CCCCc1ccccc1)c1ccccc1. The van der Waals surface area contributed by atoms with E-state index in [-0.39, 0.29) is 12.8 Å². The van der Waals surface area contributed by atoms with E-state index >= 15 is 0 Å². The summed E-state index contributed by atoms with van der Waals surface area (Å²) in [5.74, 6) is -0.992. The number of ether oxygens (including phenoxy) is 1. The molecule has 3 aromatic carbocycles. The highest BCUT2D eigenvalue weighted by atomic mass is 31.2. The van der Waals surface area contributed by atoms with E-state index < -0.39 is 31.6 Å². The lowest BCUT2D eigenvalue weighted by Gasteiger charge is -2.29. The molecule has 7 nitrogen and oxygen atoms in total. The third-order valence-electron chi connectivity index (χ3n) is 6.63. The number of carbonyl (C=O) groups is 2. The molecule has 38 heavy (non-hydrogen) atoms. The molecule has 1 amide bonds. The van der Waals surface area contributed by atoms with E-state index in [2.05, 4.69) is 0 Å². The number of hydrogen-bond donors (Lipinski definition) is 1. The van der Waals surface area contributed by atoms with Crippen molar-refractivity contribution in [3.63, 3.8) is 0 Å². The zero-order valence-electron chi connectivity index (χ0n) is 21.4. The molecule has 0 bridgehead atoms. The molecule has 1 aliphatic heterocycles. The summed E-state index contributed by atoms with van der Waals surface area (Å²) >= 11 is 0. The second-order valence-electron chi connectivity index (χ2n) is 9.48. The van der Waals surface area contributed by atoms with Crippen molar-refractivity contribution in [2.24, 2.45) is 0 Å². The van der Waals surface area contributed by atoms with Gasteiger partial charge in [0.1, 0.15) is 12.6 Å². The Morgan fingerprint density at radius 1 is 0.895 bits per heavy atom. The normalized spacial score (nSPS) is 17.5. The Labute approximate surface area is 223 Å². The van der Waals surface area contributed by atoms with Crippen LogP contribution in [0.15, 0.2) is 91.0 Å². The van der Waals surface area contributed by atoms with E-state index in [1.54, 1.807) is 30.3 Å². The van der Waals surface area contributed by atoms with Crippen LogP contribution in [0, 0.1) is 0 Å². The van der Waals surface area contributed by atoms with Gasteiger partial charge in [0.15, 0.2) is 6.10 Å². The van der Waals surface area contributed by atoms with E-state index in [1.165, 1.54) is 4.90 Å². The van der Waals surface area contributed by atoms with Crippen LogP contribution in [-0.4, -0.2) is 40.4 Å². The minimum Gasteiger partial charge on any atom is -0.459 e. The average molecular weight is 536 g/mol. The number of rotatable bonds is 12. The van der Waals surface area contributed by atoms with Crippen molar-refractivity contribution in [2.75, 3.05) is 12.7 Å². The van der Waals surface area contributed by atoms with Crippen LogP contribution in [0.25, 0.3) is 0 Å². The first kappa shape index (κ1) is 27.8. The molecular weight excluding hydrogens is 501 g/mol. The maximum atomic E-state index is 13.7. The van der Waals surface area contributed by atoms with E-state index in [0.29, 0.717) is 31.4 Å². The zero-order valence-corrected chi connectivity index (χ0v) is 22.2. The minimum absolute atomic E-state index is 0.0566. The van der Waals surface area contributed by atoms with E-state index in [1.807, 2.05) is 60.7 Å². The van der Waals surface area contributed by atoms with Gasteiger partial charge in [-0.3, -0.25) is 13.9 Å². The fourth-order valence-corrected chi connectivity index (χ4v) is 5.90. The Bertz CT molecular complexity index is 1220. The zero-order chi connectivity index (χ0) is 26.8. The summed E-state index contributed by atoms with van der Waals surface area (Å²) in [6.07, 6.45) is 1.76. The van der Waals surface area contributed by atoms with E-state index in [4.69, 9.17) is 9.26 Å². The van der Waals surface area contributed by atoms with Gasteiger partial charge in [-0.25, -0.2) is 4.79 Å². The molecule has 1 fully saturated rings.